The van der Waals surface area contributed by atoms with Gasteiger partial charge in [-0.1, -0.05) is 29.8 Å². The first-order valence-corrected chi connectivity index (χ1v) is 8.82. The Morgan fingerprint density at radius 1 is 1.15 bits per heavy atom. The van der Waals surface area contributed by atoms with Crippen molar-refractivity contribution in [2.75, 3.05) is 6.61 Å². The van der Waals surface area contributed by atoms with Crippen molar-refractivity contribution in [2.24, 2.45) is 0 Å². The molecule has 6 nitrogen and oxygen atoms in total. The zero-order valence-corrected chi connectivity index (χ0v) is 16.1. The second kappa shape index (κ2) is 9.28. The number of hydrogen-bond donors (Lipinski definition) is 2. The largest absolute Gasteiger partial charge is 0.482 e. The maximum Gasteiger partial charge on any atom is 0.341 e. The van der Waals surface area contributed by atoms with Gasteiger partial charge in [-0.25, -0.2) is 4.79 Å². The first kappa shape index (κ1) is 20.6. The van der Waals surface area contributed by atoms with E-state index in [1.165, 1.54) is 0 Å². The summed E-state index contributed by atoms with van der Waals surface area (Å²) in [6.45, 7) is 5.02. The second-order valence-corrected chi connectivity index (χ2v) is 6.58. The molecule has 2 aromatic carbocycles. The quantitative estimate of drug-likeness (QED) is 0.715. The Bertz CT molecular complexity index is 807. The van der Waals surface area contributed by atoms with Gasteiger partial charge in [-0.15, -0.1) is 0 Å². The summed E-state index contributed by atoms with van der Waals surface area (Å²) in [6.07, 6.45) is -0.718. The molecule has 0 aromatic heterocycles. The molecule has 2 atom stereocenters. The highest BCUT2D eigenvalue weighted by atomic mass is 35.5. The summed E-state index contributed by atoms with van der Waals surface area (Å²) in [5, 5.41) is 11.9. The summed E-state index contributed by atoms with van der Waals surface area (Å²) in [6, 6.07) is 12.0. The molecule has 2 unspecified atom stereocenters. The number of carbonyl (C=O) groups is 2. The van der Waals surface area contributed by atoms with E-state index in [2.05, 4.69) is 5.32 Å². The van der Waals surface area contributed by atoms with Crippen LogP contribution in [0.15, 0.2) is 42.5 Å². The number of carbonyl (C=O) groups excluding carboxylic acids is 1. The minimum Gasteiger partial charge on any atom is -0.482 e. The normalized spacial score (nSPS) is 12.7. The minimum absolute atomic E-state index is 0.259. The lowest BCUT2D eigenvalue weighted by Gasteiger charge is -2.20. The van der Waals surface area contributed by atoms with Crippen LogP contribution in [0.1, 0.15) is 31.0 Å². The third-order valence-corrected chi connectivity index (χ3v) is 4.17. The van der Waals surface area contributed by atoms with Gasteiger partial charge < -0.3 is 19.9 Å². The van der Waals surface area contributed by atoms with Crippen molar-refractivity contribution < 1.29 is 24.2 Å². The number of rotatable bonds is 8. The molecule has 1 amide bonds. The molecule has 2 aromatic rings. The number of hydrogen-bond acceptors (Lipinski definition) is 4. The zero-order chi connectivity index (χ0) is 20.0. The van der Waals surface area contributed by atoms with Gasteiger partial charge in [0.05, 0.1) is 11.1 Å². The first-order valence-electron chi connectivity index (χ1n) is 8.44. The van der Waals surface area contributed by atoms with Crippen LogP contribution < -0.4 is 14.8 Å². The van der Waals surface area contributed by atoms with E-state index in [1.807, 2.05) is 19.9 Å². The lowest BCUT2D eigenvalue weighted by molar-refractivity contribution is -0.139. The van der Waals surface area contributed by atoms with Crippen LogP contribution in [-0.4, -0.2) is 29.7 Å². The van der Waals surface area contributed by atoms with Gasteiger partial charge in [0, 0.05) is 0 Å². The first-order chi connectivity index (χ1) is 12.8. The molecule has 144 valence electrons. The van der Waals surface area contributed by atoms with E-state index < -0.39 is 18.7 Å². The van der Waals surface area contributed by atoms with Gasteiger partial charge in [0.25, 0.3) is 5.91 Å². The van der Waals surface area contributed by atoms with Gasteiger partial charge in [0.2, 0.25) is 0 Å². The standard InChI is InChI=1S/C20H22ClNO5/c1-12-4-9-17(21)18(10-12)27-14(3)20(25)22-13(2)15-5-7-16(8-6-15)26-11-19(23)24/h4-10,13-14H,11H2,1-3H3,(H,22,25)(H,23,24). The van der Waals surface area contributed by atoms with Crippen molar-refractivity contribution in [3.63, 3.8) is 0 Å². The SMILES string of the molecule is Cc1ccc(Cl)c(OC(C)C(=O)NC(C)c2ccc(OCC(=O)O)cc2)c1. The molecule has 0 saturated heterocycles. The van der Waals surface area contributed by atoms with Gasteiger partial charge >= 0.3 is 5.97 Å². The molecule has 0 spiro atoms. The molecule has 0 aliphatic rings. The molecule has 0 aliphatic heterocycles. The molecule has 27 heavy (non-hydrogen) atoms. The van der Waals surface area contributed by atoms with Gasteiger partial charge in [-0.05, 0) is 56.2 Å². The molecule has 2 N–H and O–H groups in total. The molecule has 0 fully saturated rings. The van der Waals surface area contributed by atoms with Crippen LogP contribution in [0.25, 0.3) is 0 Å². The average Bonchev–Trinajstić information content (AvgIpc) is 2.63. The van der Waals surface area contributed by atoms with Crippen LogP contribution in [-0.2, 0) is 9.59 Å². The Hall–Kier alpha value is -2.73. The molecule has 2 rings (SSSR count). The van der Waals surface area contributed by atoms with Crippen LogP contribution >= 0.6 is 11.6 Å². The van der Waals surface area contributed by atoms with Crippen molar-refractivity contribution in [1.82, 2.24) is 5.32 Å². The third kappa shape index (κ3) is 6.18. The van der Waals surface area contributed by atoms with E-state index in [4.69, 9.17) is 26.2 Å². The summed E-state index contributed by atoms with van der Waals surface area (Å²) in [4.78, 5) is 22.9. The molecule has 7 heteroatoms. The lowest BCUT2D eigenvalue weighted by atomic mass is 10.1. The fraction of sp³-hybridized carbons (Fsp3) is 0.300. The summed E-state index contributed by atoms with van der Waals surface area (Å²) in [5.41, 5.74) is 1.84. The molecule has 0 heterocycles. The molecule has 0 radical (unpaired) electrons. The maximum atomic E-state index is 12.4. The highest BCUT2D eigenvalue weighted by molar-refractivity contribution is 6.32. The van der Waals surface area contributed by atoms with E-state index in [9.17, 15) is 9.59 Å². The van der Waals surface area contributed by atoms with Crippen molar-refractivity contribution in [3.8, 4) is 11.5 Å². The van der Waals surface area contributed by atoms with E-state index in [0.717, 1.165) is 11.1 Å². The summed E-state index contributed by atoms with van der Waals surface area (Å²) in [7, 11) is 0. The van der Waals surface area contributed by atoms with Crippen molar-refractivity contribution in [2.45, 2.75) is 32.9 Å². The number of halogens is 1. The summed E-state index contributed by atoms with van der Waals surface area (Å²) < 4.78 is 10.8. The number of carboxylic acid groups (broad SMARTS) is 1. The topological polar surface area (TPSA) is 84.9 Å². The highest BCUT2D eigenvalue weighted by Crippen LogP contribution is 2.26. The predicted octanol–water partition coefficient (Wildman–Crippen LogP) is 3.76. The van der Waals surface area contributed by atoms with E-state index in [1.54, 1.807) is 43.3 Å². The van der Waals surface area contributed by atoms with Gasteiger partial charge in [0.1, 0.15) is 11.5 Å². The molecular weight excluding hydrogens is 370 g/mol. The Morgan fingerprint density at radius 3 is 2.44 bits per heavy atom. The van der Waals surface area contributed by atoms with Gasteiger partial charge in [-0.3, -0.25) is 4.79 Å². The Labute approximate surface area is 163 Å². The van der Waals surface area contributed by atoms with Crippen molar-refractivity contribution >= 4 is 23.5 Å². The van der Waals surface area contributed by atoms with Crippen LogP contribution in [0.3, 0.4) is 0 Å². The number of aliphatic carboxylic acids is 1. The van der Waals surface area contributed by atoms with E-state index in [0.29, 0.717) is 16.5 Å². The summed E-state index contributed by atoms with van der Waals surface area (Å²) in [5.74, 6) is -0.397. The number of aryl methyl sites for hydroxylation is 1. The number of amides is 1. The van der Waals surface area contributed by atoms with Gasteiger partial charge in [-0.2, -0.15) is 0 Å². The number of benzene rings is 2. The van der Waals surface area contributed by atoms with Crippen LogP contribution in [0.4, 0.5) is 0 Å². The predicted molar refractivity (Wildman–Crippen MR) is 102 cm³/mol. The number of carboxylic acids is 1. The van der Waals surface area contributed by atoms with E-state index in [-0.39, 0.29) is 11.9 Å². The van der Waals surface area contributed by atoms with Crippen molar-refractivity contribution in [1.29, 1.82) is 0 Å². The van der Waals surface area contributed by atoms with Crippen LogP contribution in [0, 0.1) is 6.92 Å². The lowest BCUT2D eigenvalue weighted by Crippen LogP contribution is -2.37. The molecule has 0 bridgehead atoms. The highest BCUT2D eigenvalue weighted by Gasteiger charge is 2.19. The maximum absolute atomic E-state index is 12.4. The average molecular weight is 392 g/mol. The van der Waals surface area contributed by atoms with Gasteiger partial charge in [0.15, 0.2) is 12.7 Å². The van der Waals surface area contributed by atoms with Crippen LogP contribution in [0.5, 0.6) is 11.5 Å². The fourth-order valence-corrected chi connectivity index (χ4v) is 2.52. The Morgan fingerprint density at radius 2 is 1.81 bits per heavy atom. The summed E-state index contributed by atoms with van der Waals surface area (Å²) >= 11 is 6.10. The smallest absolute Gasteiger partial charge is 0.341 e. The zero-order valence-electron chi connectivity index (χ0n) is 15.4. The monoisotopic (exact) mass is 391 g/mol. The second-order valence-electron chi connectivity index (χ2n) is 6.18. The molecular formula is C20H22ClNO5. The van der Waals surface area contributed by atoms with Crippen molar-refractivity contribution in [3.05, 3.63) is 58.6 Å². The number of ether oxygens (including phenoxy) is 2. The number of nitrogens with one attached hydrogen (secondary N) is 1. The Kier molecular flexibility index (Phi) is 7.07. The molecule has 0 aliphatic carbocycles. The molecule has 0 saturated carbocycles. The Balaban J connectivity index is 1.93. The fourth-order valence-electron chi connectivity index (χ4n) is 2.36. The minimum atomic E-state index is -1.04. The van der Waals surface area contributed by atoms with Crippen LogP contribution in [0.2, 0.25) is 5.02 Å². The third-order valence-electron chi connectivity index (χ3n) is 3.86. The van der Waals surface area contributed by atoms with E-state index >= 15 is 0 Å².